The van der Waals surface area contributed by atoms with Crippen molar-refractivity contribution in [2.75, 3.05) is 0 Å². The highest BCUT2D eigenvalue weighted by Gasteiger charge is 1.90. The minimum Gasteiger partial charge on any atom is -0.299 e. The Morgan fingerprint density at radius 2 is 2.55 bits per heavy atom. The first-order valence-corrected chi connectivity index (χ1v) is 3.47. The van der Waals surface area contributed by atoms with E-state index in [1.807, 2.05) is 0 Å². The minimum absolute atomic E-state index is 0.200. The molecule has 11 heavy (non-hydrogen) atoms. The van der Waals surface area contributed by atoms with Crippen LogP contribution in [0.3, 0.4) is 0 Å². The zero-order valence-corrected chi connectivity index (χ0v) is 6.23. The van der Waals surface area contributed by atoms with Crippen LogP contribution < -0.4 is 5.69 Å². The molecule has 0 atom stereocenters. The van der Waals surface area contributed by atoms with Gasteiger partial charge in [-0.2, -0.15) is 0 Å². The largest absolute Gasteiger partial charge is 0.347 e. The number of nitrogens with zero attached hydrogens (tertiary/aromatic N) is 2. The van der Waals surface area contributed by atoms with Crippen LogP contribution in [-0.2, 0) is 6.54 Å². The van der Waals surface area contributed by atoms with E-state index >= 15 is 0 Å². The molecule has 58 valence electrons. The Balaban J connectivity index is 2.78. The quantitative estimate of drug-likeness (QED) is 0.598. The lowest BCUT2D eigenvalue weighted by atomic mass is 10.4. The van der Waals surface area contributed by atoms with Crippen molar-refractivity contribution in [3.05, 3.63) is 41.6 Å². The number of hydrogen-bond donors (Lipinski definition) is 0. The maximum Gasteiger partial charge on any atom is 0.347 e. The number of aryl methyl sites for hydroxylation is 1. The Kier molecular flexibility index (Phi) is 2.60. The molecule has 3 nitrogen and oxygen atoms in total. The monoisotopic (exact) mass is 150 g/mol. The lowest BCUT2D eigenvalue weighted by Gasteiger charge is -1.99. The molecule has 0 aliphatic carbocycles. The first-order chi connectivity index (χ1) is 5.34. The summed E-state index contributed by atoms with van der Waals surface area (Å²) in [5.74, 6) is 0. The number of hydrogen-bond acceptors (Lipinski definition) is 2. The SMILES string of the molecule is C=CCCn1cccnc1=O. The first kappa shape index (κ1) is 7.72. The van der Waals surface area contributed by atoms with Gasteiger partial charge in [0.15, 0.2) is 0 Å². The van der Waals surface area contributed by atoms with E-state index in [1.54, 1.807) is 22.9 Å². The molecule has 0 spiro atoms. The molecule has 1 heterocycles. The summed E-state index contributed by atoms with van der Waals surface area (Å²) in [6.45, 7) is 4.23. The zero-order valence-electron chi connectivity index (χ0n) is 6.23. The highest BCUT2D eigenvalue weighted by atomic mass is 16.1. The maximum atomic E-state index is 10.9. The number of aromatic nitrogens is 2. The highest BCUT2D eigenvalue weighted by molar-refractivity contribution is 4.81. The first-order valence-electron chi connectivity index (χ1n) is 3.47. The van der Waals surface area contributed by atoms with E-state index in [4.69, 9.17) is 0 Å². The molecule has 1 aromatic heterocycles. The van der Waals surface area contributed by atoms with E-state index in [0.717, 1.165) is 6.42 Å². The third kappa shape index (κ3) is 2.04. The van der Waals surface area contributed by atoms with Gasteiger partial charge in [-0.05, 0) is 12.5 Å². The summed E-state index contributed by atoms with van der Waals surface area (Å²) in [5.41, 5.74) is -0.200. The number of rotatable bonds is 3. The lowest BCUT2D eigenvalue weighted by Crippen LogP contribution is -2.21. The fraction of sp³-hybridized carbons (Fsp3) is 0.250. The van der Waals surface area contributed by atoms with Gasteiger partial charge in [0.2, 0.25) is 0 Å². The highest BCUT2D eigenvalue weighted by Crippen LogP contribution is 1.85. The van der Waals surface area contributed by atoms with Crippen LogP contribution in [0.2, 0.25) is 0 Å². The summed E-state index contributed by atoms with van der Waals surface area (Å²) in [4.78, 5) is 14.5. The molecule has 0 unspecified atom stereocenters. The standard InChI is InChI=1S/C8H10N2O/c1-2-3-6-10-7-4-5-9-8(10)11/h2,4-5,7H,1,3,6H2. The average Bonchev–Trinajstić information content (AvgIpc) is 2.03. The van der Waals surface area contributed by atoms with Gasteiger partial charge < -0.3 is 0 Å². The third-order valence-electron chi connectivity index (χ3n) is 1.36. The second-order valence-electron chi connectivity index (χ2n) is 2.17. The van der Waals surface area contributed by atoms with Crippen LogP contribution in [0, 0.1) is 0 Å². The predicted molar refractivity (Wildman–Crippen MR) is 43.3 cm³/mol. The molecule has 0 aliphatic heterocycles. The van der Waals surface area contributed by atoms with Gasteiger partial charge in [0.25, 0.3) is 0 Å². The Hall–Kier alpha value is -1.38. The molecule has 1 aromatic rings. The molecule has 0 amide bonds. The molecule has 3 heteroatoms. The van der Waals surface area contributed by atoms with Gasteiger partial charge in [0, 0.05) is 18.9 Å². The van der Waals surface area contributed by atoms with Crippen LogP contribution in [0.25, 0.3) is 0 Å². The molecule has 0 N–H and O–H groups in total. The Morgan fingerprint density at radius 1 is 1.73 bits per heavy atom. The van der Waals surface area contributed by atoms with Crippen molar-refractivity contribution in [1.82, 2.24) is 9.55 Å². The smallest absolute Gasteiger partial charge is 0.299 e. The Bertz CT molecular complexity index is 290. The van der Waals surface area contributed by atoms with Crippen LogP contribution >= 0.6 is 0 Å². The van der Waals surface area contributed by atoms with Crippen molar-refractivity contribution >= 4 is 0 Å². The van der Waals surface area contributed by atoms with E-state index in [2.05, 4.69) is 11.6 Å². The molecule has 0 radical (unpaired) electrons. The molecule has 0 aromatic carbocycles. The summed E-state index contributed by atoms with van der Waals surface area (Å²) < 4.78 is 1.56. The molecular formula is C8H10N2O. The summed E-state index contributed by atoms with van der Waals surface area (Å²) in [6, 6.07) is 1.74. The number of allylic oxidation sites excluding steroid dienone is 1. The van der Waals surface area contributed by atoms with Crippen molar-refractivity contribution in [2.45, 2.75) is 13.0 Å². The molecule has 0 aliphatic rings. The minimum atomic E-state index is -0.200. The van der Waals surface area contributed by atoms with Crippen molar-refractivity contribution < 1.29 is 0 Å². The zero-order chi connectivity index (χ0) is 8.10. The summed E-state index contributed by atoms with van der Waals surface area (Å²) in [7, 11) is 0. The molecular weight excluding hydrogens is 140 g/mol. The second-order valence-corrected chi connectivity index (χ2v) is 2.17. The van der Waals surface area contributed by atoms with Crippen LogP contribution in [0.15, 0.2) is 35.9 Å². The predicted octanol–water partition coefficient (Wildman–Crippen LogP) is 0.819. The fourth-order valence-corrected chi connectivity index (χ4v) is 0.788. The Morgan fingerprint density at radius 3 is 3.18 bits per heavy atom. The van der Waals surface area contributed by atoms with Crippen LogP contribution in [-0.4, -0.2) is 9.55 Å². The maximum absolute atomic E-state index is 10.9. The summed E-state index contributed by atoms with van der Waals surface area (Å²) >= 11 is 0. The molecule has 0 fully saturated rings. The second kappa shape index (κ2) is 3.71. The summed E-state index contributed by atoms with van der Waals surface area (Å²) in [6.07, 6.45) is 5.79. The topological polar surface area (TPSA) is 34.9 Å². The normalized spacial score (nSPS) is 9.45. The van der Waals surface area contributed by atoms with Crippen molar-refractivity contribution in [3.63, 3.8) is 0 Å². The average molecular weight is 150 g/mol. The van der Waals surface area contributed by atoms with E-state index in [1.165, 1.54) is 6.20 Å². The molecule has 0 saturated heterocycles. The van der Waals surface area contributed by atoms with Gasteiger partial charge in [-0.15, -0.1) is 6.58 Å². The van der Waals surface area contributed by atoms with Gasteiger partial charge in [-0.3, -0.25) is 4.57 Å². The van der Waals surface area contributed by atoms with Crippen LogP contribution in [0.4, 0.5) is 0 Å². The lowest BCUT2D eigenvalue weighted by molar-refractivity contribution is 0.659. The summed E-state index contributed by atoms with van der Waals surface area (Å²) in [5, 5.41) is 0. The van der Waals surface area contributed by atoms with Crippen molar-refractivity contribution in [2.24, 2.45) is 0 Å². The van der Waals surface area contributed by atoms with Crippen LogP contribution in [0.5, 0.6) is 0 Å². The molecule has 0 bridgehead atoms. The van der Waals surface area contributed by atoms with E-state index in [9.17, 15) is 4.79 Å². The van der Waals surface area contributed by atoms with Gasteiger partial charge in [-0.25, -0.2) is 9.78 Å². The molecule has 0 saturated carbocycles. The van der Waals surface area contributed by atoms with Crippen LogP contribution in [0.1, 0.15) is 6.42 Å². The van der Waals surface area contributed by atoms with Gasteiger partial charge in [0.05, 0.1) is 0 Å². The molecule has 1 rings (SSSR count). The van der Waals surface area contributed by atoms with E-state index < -0.39 is 0 Å². The fourth-order valence-electron chi connectivity index (χ4n) is 0.788. The van der Waals surface area contributed by atoms with Crippen molar-refractivity contribution in [3.8, 4) is 0 Å². The van der Waals surface area contributed by atoms with Gasteiger partial charge in [-0.1, -0.05) is 6.08 Å². The van der Waals surface area contributed by atoms with Crippen molar-refractivity contribution in [1.29, 1.82) is 0 Å². The van der Waals surface area contributed by atoms with E-state index in [0.29, 0.717) is 6.54 Å². The Labute approximate surface area is 65.0 Å². The third-order valence-corrected chi connectivity index (χ3v) is 1.36. The van der Waals surface area contributed by atoms with Gasteiger partial charge in [0.1, 0.15) is 0 Å². The van der Waals surface area contributed by atoms with Gasteiger partial charge >= 0.3 is 5.69 Å². The van der Waals surface area contributed by atoms with E-state index in [-0.39, 0.29) is 5.69 Å².